The third-order valence-electron chi connectivity index (χ3n) is 3.77. The fourth-order valence-electron chi connectivity index (χ4n) is 2.26. The molecule has 1 aromatic heterocycles. The molecule has 0 saturated heterocycles. The third-order valence-corrected chi connectivity index (χ3v) is 3.77. The van der Waals surface area contributed by atoms with Crippen LogP contribution in [0.3, 0.4) is 0 Å². The van der Waals surface area contributed by atoms with Gasteiger partial charge in [-0.05, 0) is 32.3 Å². The average molecular weight is 274 g/mol. The summed E-state index contributed by atoms with van der Waals surface area (Å²) in [6.45, 7) is 1.68. The molecule has 20 heavy (non-hydrogen) atoms. The average Bonchev–Trinajstić information content (AvgIpc) is 2.86. The summed E-state index contributed by atoms with van der Waals surface area (Å²) in [6.07, 6.45) is 2.72. The minimum absolute atomic E-state index is 0.0355. The van der Waals surface area contributed by atoms with E-state index in [2.05, 4.69) is 10.1 Å². The minimum atomic E-state index is -0.502. The monoisotopic (exact) mass is 274 g/mol. The molecule has 0 bridgehead atoms. The van der Waals surface area contributed by atoms with Gasteiger partial charge in [0.05, 0.1) is 10.5 Å². The summed E-state index contributed by atoms with van der Waals surface area (Å²) in [5.74, 6) is 0.738. The van der Waals surface area contributed by atoms with Crippen LogP contribution in [-0.2, 0) is 5.54 Å². The Labute approximate surface area is 114 Å². The Morgan fingerprint density at radius 2 is 2.20 bits per heavy atom. The van der Waals surface area contributed by atoms with E-state index in [4.69, 9.17) is 10.3 Å². The number of rotatable bonds is 3. The van der Waals surface area contributed by atoms with Crippen molar-refractivity contribution in [3.05, 3.63) is 39.7 Å². The maximum absolute atomic E-state index is 10.9. The first kappa shape index (κ1) is 12.7. The van der Waals surface area contributed by atoms with Crippen molar-refractivity contribution in [3.63, 3.8) is 0 Å². The molecule has 2 aromatic rings. The molecule has 1 fully saturated rings. The Hall–Kier alpha value is -2.28. The van der Waals surface area contributed by atoms with Gasteiger partial charge in [-0.1, -0.05) is 11.2 Å². The molecular formula is C13H14N4O3. The van der Waals surface area contributed by atoms with Crippen LogP contribution in [0.25, 0.3) is 11.5 Å². The Kier molecular flexibility index (Phi) is 2.79. The van der Waals surface area contributed by atoms with Gasteiger partial charge in [-0.15, -0.1) is 0 Å². The van der Waals surface area contributed by atoms with Gasteiger partial charge >= 0.3 is 0 Å². The number of nitrogens with zero attached hydrogens (tertiary/aromatic N) is 3. The zero-order valence-electron chi connectivity index (χ0n) is 11.0. The van der Waals surface area contributed by atoms with Gasteiger partial charge in [-0.2, -0.15) is 4.98 Å². The molecule has 7 nitrogen and oxygen atoms in total. The standard InChI is InChI=1S/C13H14N4O3/c1-8-3-4-9(7-10(8)17(18)19)11-15-12(16-20-11)13(14)5-2-6-13/h3-4,7H,2,5-6,14H2,1H3. The molecule has 1 aliphatic rings. The van der Waals surface area contributed by atoms with Crippen LogP contribution in [0.5, 0.6) is 0 Å². The van der Waals surface area contributed by atoms with E-state index in [0.29, 0.717) is 17.0 Å². The SMILES string of the molecule is Cc1ccc(-c2nc(C3(N)CCC3)no2)cc1[N+](=O)[O-]. The van der Waals surface area contributed by atoms with Crippen molar-refractivity contribution in [2.24, 2.45) is 5.73 Å². The largest absolute Gasteiger partial charge is 0.334 e. The lowest BCUT2D eigenvalue weighted by Crippen LogP contribution is -2.44. The van der Waals surface area contributed by atoms with Gasteiger partial charge in [-0.3, -0.25) is 10.1 Å². The van der Waals surface area contributed by atoms with E-state index in [1.54, 1.807) is 19.1 Å². The number of aromatic nitrogens is 2. The molecule has 0 atom stereocenters. The number of benzene rings is 1. The molecule has 0 aliphatic heterocycles. The summed E-state index contributed by atoms with van der Waals surface area (Å²) < 4.78 is 5.18. The van der Waals surface area contributed by atoms with Crippen LogP contribution >= 0.6 is 0 Å². The Bertz CT molecular complexity index is 676. The van der Waals surface area contributed by atoms with Crippen molar-refractivity contribution >= 4 is 5.69 Å². The van der Waals surface area contributed by atoms with Crippen LogP contribution in [0.2, 0.25) is 0 Å². The lowest BCUT2D eigenvalue weighted by molar-refractivity contribution is -0.385. The minimum Gasteiger partial charge on any atom is -0.334 e. The normalized spacial score (nSPS) is 16.7. The molecule has 0 unspecified atom stereocenters. The third kappa shape index (κ3) is 1.96. The molecule has 1 aliphatic carbocycles. The van der Waals surface area contributed by atoms with Crippen LogP contribution in [0.4, 0.5) is 5.69 Å². The molecule has 7 heteroatoms. The van der Waals surface area contributed by atoms with E-state index in [1.165, 1.54) is 6.07 Å². The van der Waals surface area contributed by atoms with E-state index in [9.17, 15) is 10.1 Å². The number of nitro groups is 1. The van der Waals surface area contributed by atoms with Gasteiger partial charge in [0.1, 0.15) is 0 Å². The second-order valence-electron chi connectivity index (χ2n) is 5.19. The van der Waals surface area contributed by atoms with E-state index in [1.807, 2.05) is 0 Å². The molecule has 1 saturated carbocycles. The van der Waals surface area contributed by atoms with Crippen molar-refractivity contribution in [3.8, 4) is 11.5 Å². The van der Waals surface area contributed by atoms with Crippen molar-refractivity contribution in [1.29, 1.82) is 0 Å². The molecule has 0 spiro atoms. The summed E-state index contributed by atoms with van der Waals surface area (Å²) in [4.78, 5) is 14.8. The van der Waals surface area contributed by atoms with Crippen LogP contribution < -0.4 is 5.73 Å². The van der Waals surface area contributed by atoms with Gasteiger partial charge in [0.2, 0.25) is 0 Å². The van der Waals surface area contributed by atoms with Crippen molar-refractivity contribution in [2.75, 3.05) is 0 Å². The first-order valence-corrected chi connectivity index (χ1v) is 6.38. The maximum atomic E-state index is 10.9. The first-order valence-electron chi connectivity index (χ1n) is 6.38. The van der Waals surface area contributed by atoms with Crippen molar-refractivity contribution in [1.82, 2.24) is 10.1 Å². The summed E-state index contributed by atoms with van der Waals surface area (Å²) in [7, 11) is 0. The molecule has 0 radical (unpaired) electrons. The molecule has 2 N–H and O–H groups in total. The fraction of sp³-hybridized carbons (Fsp3) is 0.385. The zero-order valence-corrected chi connectivity index (χ0v) is 11.0. The van der Waals surface area contributed by atoms with E-state index in [-0.39, 0.29) is 11.6 Å². The van der Waals surface area contributed by atoms with Gasteiger partial charge in [-0.25, -0.2) is 0 Å². The number of hydrogen-bond acceptors (Lipinski definition) is 6. The topological polar surface area (TPSA) is 108 Å². The predicted molar refractivity (Wildman–Crippen MR) is 70.8 cm³/mol. The lowest BCUT2D eigenvalue weighted by Gasteiger charge is -2.34. The highest BCUT2D eigenvalue weighted by atomic mass is 16.6. The Morgan fingerprint density at radius 3 is 2.80 bits per heavy atom. The number of nitro benzene ring substituents is 1. The first-order chi connectivity index (χ1) is 9.49. The van der Waals surface area contributed by atoms with Crippen molar-refractivity contribution in [2.45, 2.75) is 31.7 Å². The van der Waals surface area contributed by atoms with Crippen LogP contribution in [0.1, 0.15) is 30.7 Å². The summed E-state index contributed by atoms with van der Waals surface area (Å²) >= 11 is 0. The van der Waals surface area contributed by atoms with Crippen LogP contribution in [-0.4, -0.2) is 15.1 Å². The highest BCUT2D eigenvalue weighted by Crippen LogP contribution is 2.37. The van der Waals surface area contributed by atoms with E-state index >= 15 is 0 Å². The molecule has 1 heterocycles. The maximum Gasteiger partial charge on any atom is 0.273 e. The van der Waals surface area contributed by atoms with E-state index < -0.39 is 10.5 Å². The molecular weight excluding hydrogens is 260 g/mol. The highest BCUT2D eigenvalue weighted by molar-refractivity contribution is 5.60. The van der Waals surface area contributed by atoms with Crippen LogP contribution in [0.15, 0.2) is 22.7 Å². The van der Waals surface area contributed by atoms with Crippen molar-refractivity contribution < 1.29 is 9.45 Å². The Morgan fingerprint density at radius 1 is 1.45 bits per heavy atom. The second kappa shape index (κ2) is 4.38. The molecule has 3 rings (SSSR count). The molecule has 1 aromatic carbocycles. The van der Waals surface area contributed by atoms with Gasteiger partial charge in [0.25, 0.3) is 11.6 Å². The number of hydrogen-bond donors (Lipinski definition) is 1. The number of aryl methyl sites for hydroxylation is 1. The van der Waals surface area contributed by atoms with Gasteiger partial charge < -0.3 is 10.3 Å². The van der Waals surface area contributed by atoms with Crippen LogP contribution in [0, 0.1) is 17.0 Å². The van der Waals surface area contributed by atoms with Gasteiger partial charge in [0, 0.05) is 17.2 Å². The molecule has 104 valence electrons. The number of nitrogens with two attached hydrogens (primary N) is 1. The summed E-state index contributed by atoms with van der Waals surface area (Å²) in [5, 5.41) is 14.8. The van der Waals surface area contributed by atoms with E-state index in [0.717, 1.165) is 19.3 Å². The Balaban J connectivity index is 1.97. The zero-order chi connectivity index (χ0) is 14.3. The van der Waals surface area contributed by atoms with Gasteiger partial charge in [0.15, 0.2) is 5.82 Å². The summed E-state index contributed by atoms with van der Waals surface area (Å²) in [6, 6.07) is 4.83. The predicted octanol–water partition coefficient (Wildman–Crippen LogP) is 2.29. The quantitative estimate of drug-likeness (QED) is 0.679. The fourth-order valence-corrected chi connectivity index (χ4v) is 2.26. The molecule has 0 amide bonds. The lowest BCUT2D eigenvalue weighted by atomic mass is 9.77. The smallest absolute Gasteiger partial charge is 0.273 e. The second-order valence-corrected chi connectivity index (χ2v) is 5.19. The highest BCUT2D eigenvalue weighted by Gasteiger charge is 2.39. The summed E-state index contributed by atoms with van der Waals surface area (Å²) in [5.41, 5.74) is 6.78.